The quantitative estimate of drug-likeness (QED) is 0.587. The average molecular weight is 481 g/mol. The first-order chi connectivity index (χ1) is 16.8. The summed E-state index contributed by atoms with van der Waals surface area (Å²) in [6, 6.07) is 5.04. The van der Waals surface area contributed by atoms with E-state index in [9.17, 15) is 14.0 Å². The average Bonchev–Trinajstić information content (AvgIpc) is 3.53. The van der Waals surface area contributed by atoms with Crippen LogP contribution in [0.1, 0.15) is 68.0 Å². The van der Waals surface area contributed by atoms with Gasteiger partial charge in [-0.15, -0.1) is 0 Å². The Morgan fingerprint density at radius 2 is 1.89 bits per heavy atom. The highest BCUT2D eigenvalue weighted by Crippen LogP contribution is 2.40. The van der Waals surface area contributed by atoms with Gasteiger partial charge in [0.25, 0.3) is 5.91 Å². The maximum atomic E-state index is 14.4. The van der Waals surface area contributed by atoms with E-state index in [2.05, 4.69) is 15.6 Å². The molecular formula is C27H33FN4O3. The molecule has 2 aromatic rings. The Balaban J connectivity index is 1.39. The lowest BCUT2D eigenvalue weighted by Crippen LogP contribution is -2.46. The number of H-pyrrole nitrogens is 1. The largest absolute Gasteiger partial charge is 0.493 e. The van der Waals surface area contributed by atoms with Crippen LogP contribution in [0.2, 0.25) is 0 Å². The molecule has 1 saturated carbocycles. The van der Waals surface area contributed by atoms with Gasteiger partial charge in [0.1, 0.15) is 11.6 Å². The molecule has 1 aliphatic carbocycles. The zero-order valence-corrected chi connectivity index (χ0v) is 20.5. The van der Waals surface area contributed by atoms with Crippen LogP contribution < -0.4 is 15.4 Å². The van der Waals surface area contributed by atoms with Crippen molar-refractivity contribution in [3.8, 4) is 5.75 Å². The van der Waals surface area contributed by atoms with Gasteiger partial charge in [-0.25, -0.2) is 4.39 Å². The minimum Gasteiger partial charge on any atom is -0.493 e. The molecule has 0 radical (unpaired) electrons. The number of rotatable bonds is 6. The van der Waals surface area contributed by atoms with Crippen molar-refractivity contribution in [1.29, 1.82) is 0 Å². The van der Waals surface area contributed by atoms with E-state index in [1.54, 1.807) is 13.8 Å². The number of aromatic amines is 1. The molecule has 3 N–H and O–H groups in total. The van der Waals surface area contributed by atoms with Crippen LogP contribution in [-0.2, 0) is 9.59 Å². The summed E-state index contributed by atoms with van der Waals surface area (Å²) < 4.78 is 20.5. The zero-order chi connectivity index (χ0) is 24.7. The molecule has 1 aromatic heterocycles. The van der Waals surface area contributed by atoms with E-state index >= 15 is 0 Å². The van der Waals surface area contributed by atoms with Gasteiger partial charge in [0.2, 0.25) is 5.91 Å². The molecule has 1 unspecified atom stereocenters. The second-order valence-corrected chi connectivity index (χ2v) is 10.0. The topological polar surface area (TPSA) is 86.5 Å². The minimum atomic E-state index is -0.284. The van der Waals surface area contributed by atoms with Crippen LogP contribution in [0.4, 0.5) is 4.39 Å². The standard InChI is InChI=1S/C27H33FN4O3/c1-15-12-21(23(13-22(15)28)35-14-18-4-5-18)25-20-6-9-29-26(20)24(16(2)30-25)27(34)31-19-7-10-32(11-8-19)17(3)33/h6,9,12-13,18-19,25,29-30H,4-5,7-8,10-11,14H2,1-3H3,(H,31,34). The number of likely N-dealkylation sites (tertiary alicyclic amines) is 1. The minimum absolute atomic E-state index is 0.0247. The van der Waals surface area contributed by atoms with E-state index in [-0.39, 0.29) is 29.7 Å². The highest BCUT2D eigenvalue weighted by atomic mass is 19.1. The van der Waals surface area contributed by atoms with Gasteiger partial charge in [0.15, 0.2) is 0 Å². The van der Waals surface area contributed by atoms with E-state index in [0.717, 1.165) is 48.2 Å². The normalized spacial score (nSPS) is 20.3. The molecule has 3 heterocycles. The number of carbonyl (C=O) groups excluding carboxylic acids is 2. The van der Waals surface area contributed by atoms with E-state index in [1.807, 2.05) is 30.2 Å². The first-order valence-corrected chi connectivity index (χ1v) is 12.5. The van der Waals surface area contributed by atoms with Crippen molar-refractivity contribution in [2.75, 3.05) is 19.7 Å². The number of carbonyl (C=O) groups is 2. The molecule has 186 valence electrons. The van der Waals surface area contributed by atoms with Crippen molar-refractivity contribution in [3.05, 3.63) is 58.3 Å². The van der Waals surface area contributed by atoms with Gasteiger partial charge in [0, 0.05) is 55.1 Å². The summed E-state index contributed by atoms with van der Waals surface area (Å²) in [6.45, 7) is 7.12. The van der Waals surface area contributed by atoms with E-state index in [4.69, 9.17) is 4.74 Å². The van der Waals surface area contributed by atoms with Crippen molar-refractivity contribution in [1.82, 2.24) is 20.5 Å². The van der Waals surface area contributed by atoms with Gasteiger partial charge in [-0.3, -0.25) is 9.59 Å². The number of ether oxygens (including phenoxy) is 1. The van der Waals surface area contributed by atoms with Crippen molar-refractivity contribution < 1.29 is 18.7 Å². The molecule has 35 heavy (non-hydrogen) atoms. The number of fused-ring (bicyclic) bond motifs is 1. The van der Waals surface area contributed by atoms with Crippen LogP contribution in [0.5, 0.6) is 5.75 Å². The van der Waals surface area contributed by atoms with E-state index in [1.165, 1.54) is 6.07 Å². The van der Waals surface area contributed by atoms with Gasteiger partial charge < -0.3 is 25.3 Å². The van der Waals surface area contributed by atoms with Gasteiger partial charge in [-0.05, 0) is 63.1 Å². The number of allylic oxidation sites excluding steroid dienone is 1. The van der Waals surface area contributed by atoms with Crippen LogP contribution in [0.25, 0.3) is 5.57 Å². The molecule has 1 aromatic carbocycles. The summed E-state index contributed by atoms with van der Waals surface area (Å²) in [6.07, 6.45) is 5.62. The third-order valence-electron chi connectivity index (χ3n) is 7.35. The Labute approximate surface area is 205 Å². The predicted molar refractivity (Wildman–Crippen MR) is 131 cm³/mol. The van der Waals surface area contributed by atoms with Crippen molar-refractivity contribution >= 4 is 17.4 Å². The fourth-order valence-corrected chi connectivity index (χ4v) is 5.05. The maximum Gasteiger partial charge on any atom is 0.255 e. The van der Waals surface area contributed by atoms with Crippen molar-refractivity contribution in [2.24, 2.45) is 5.92 Å². The number of nitrogens with zero attached hydrogens (tertiary/aromatic N) is 1. The summed E-state index contributed by atoms with van der Waals surface area (Å²) in [7, 11) is 0. The molecule has 8 heteroatoms. The Morgan fingerprint density at radius 1 is 1.14 bits per heavy atom. The number of benzene rings is 1. The van der Waals surface area contributed by atoms with Crippen LogP contribution in [0, 0.1) is 18.7 Å². The number of piperidine rings is 1. The number of hydrogen-bond acceptors (Lipinski definition) is 4. The molecule has 2 aliphatic heterocycles. The molecule has 0 spiro atoms. The summed E-state index contributed by atoms with van der Waals surface area (Å²) in [4.78, 5) is 30.0. The summed E-state index contributed by atoms with van der Waals surface area (Å²) in [5, 5.41) is 6.66. The van der Waals surface area contributed by atoms with Crippen molar-refractivity contribution in [2.45, 2.75) is 58.5 Å². The second kappa shape index (κ2) is 9.40. The Bertz CT molecular complexity index is 1180. The highest BCUT2D eigenvalue weighted by molar-refractivity contribution is 6.20. The third kappa shape index (κ3) is 4.79. The van der Waals surface area contributed by atoms with Crippen LogP contribution >= 0.6 is 0 Å². The number of hydrogen-bond donors (Lipinski definition) is 3. The summed E-state index contributed by atoms with van der Waals surface area (Å²) in [5.74, 6) is 0.742. The van der Waals surface area contributed by atoms with E-state index < -0.39 is 0 Å². The first kappa shape index (κ1) is 23.5. The molecule has 1 saturated heterocycles. The first-order valence-electron chi connectivity index (χ1n) is 12.5. The molecule has 2 amide bonds. The van der Waals surface area contributed by atoms with Crippen LogP contribution in [0.15, 0.2) is 30.1 Å². The molecular weight excluding hydrogens is 447 g/mol. The highest BCUT2D eigenvalue weighted by Gasteiger charge is 2.34. The number of nitrogens with one attached hydrogen (secondary N) is 3. The zero-order valence-electron chi connectivity index (χ0n) is 20.5. The molecule has 5 rings (SSSR count). The lowest BCUT2D eigenvalue weighted by atomic mass is 9.89. The summed E-state index contributed by atoms with van der Waals surface area (Å²) in [5.41, 5.74) is 4.43. The molecule has 2 fully saturated rings. The lowest BCUT2D eigenvalue weighted by molar-refractivity contribution is -0.129. The monoisotopic (exact) mass is 480 g/mol. The predicted octanol–water partition coefficient (Wildman–Crippen LogP) is 3.80. The number of aromatic nitrogens is 1. The third-order valence-corrected chi connectivity index (χ3v) is 7.35. The van der Waals surface area contributed by atoms with Gasteiger partial charge in [-0.1, -0.05) is 0 Å². The Hall–Kier alpha value is -3.29. The smallest absolute Gasteiger partial charge is 0.255 e. The van der Waals surface area contributed by atoms with Crippen LogP contribution in [-0.4, -0.2) is 47.4 Å². The SMILES string of the molecule is CC(=O)N1CCC(NC(=O)C2=C(C)NC(c3cc(C)c(F)cc3OCC3CC3)c3cc[nH]c32)CC1. The Kier molecular flexibility index (Phi) is 6.30. The van der Waals surface area contributed by atoms with E-state index in [0.29, 0.717) is 42.5 Å². The molecule has 0 bridgehead atoms. The number of aryl methyl sites for hydroxylation is 1. The van der Waals surface area contributed by atoms with Crippen LogP contribution in [0.3, 0.4) is 0 Å². The lowest BCUT2D eigenvalue weighted by Gasteiger charge is -2.33. The second-order valence-electron chi connectivity index (χ2n) is 10.0. The Morgan fingerprint density at radius 3 is 2.57 bits per heavy atom. The number of halogens is 1. The molecule has 7 nitrogen and oxygen atoms in total. The summed E-state index contributed by atoms with van der Waals surface area (Å²) >= 11 is 0. The fourth-order valence-electron chi connectivity index (χ4n) is 5.05. The maximum absolute atomic E-state index is 14.4. The fraction of sp³-hybridized carbons (Fsp3) is 0.481. The molecule has 3 aliphatic rings. The van der Waals surface area contributed by atoms with Gasteiger partial charge in [-0.2, -0.15) is 0 Å². The number of amides is 2. The van der Waals surface area contributed by atoms with Gasteiger partial charge >= 0.3 is 0 Å². The van der Waals surface area contributed by atoms with Gasteiger partial charge in [0.05, 0.1) is 23.9 Å². The van der Waals surface area contributed by atoms with Crippen molar-refractivity contribution in [3.63, 3.8) is 0 Å². The molecule has 1 atom stereocenters.